The van der Waals surface area contributed by atoms with E-state index in [4.69, 9.17) is 14.2 Å². The summed E-state index contributed by atoms with van der Waals surface area (Å²) in [6.07, 6.45) is 9.40. The topological polar surface area (TPSA) is 30.9 Å². The summed E-state index contributed by atoms with van der Waals surface area (Å²) >= 11 is 0. The highest BCUT2D eigenvalue weighted by Crippen LogP contribution is 2.41. The van der Waals surface area contributed by atoms with Crippen molar-refractivity contribution in [1.82, 2.24) is 4.90 Å². The minimum atomic E-state index is 0.817. The van der Waals surface area contributed by atoms with Crippen molar-refractivity contribution in [2.45, 2.75) is 25.7 Å². The molecule has 0 amide bonds. The summed E-state index contributed by atoms with van der Waals surface area (Å²) in [5, 5.41) is 2.11. The van der Waals surface area contributed by atoms with Crippen molar-refractivity contribution in [2.24, 2.45) is 0 Å². The van der Waals surface area contributed by atoms with Crippen LogP contribution < -0.4 is 14.2 Å². The van der Waals surface area contributed by atoms with E-state index in [0.717, 1.165) is 51.3 Å². The Kier molecular flexibility index (Phi) is 7.41. The number of likely N-dealkylation sites (tertiary alicyclic amines) is 1. The fourth-order valence-corrected chi connectivity index (χ4v) is 4.73. The molecule has 0 bridgehead atoms. The molecular weight excluding hydrogens is 446 g/mol. The van der Waals surface area contributed by atoms with E-state index in [0.29, 0.717) is 0 Å². The molecule has 4 aromatic rings. The van der Waals surface area contributed by atoms with Crippen LogP contribution in [-0.2, 0) is 6.42 Å². The molecule has 4 aromatic carbocycles. The lowest BCUT2D eigenvalue weighted by Gasteiger charge is -2.24. The quantitative estimate of drug-likeness (QED) is 0.257. The van der Waals surface area contributed by atoms with Gasteiger partial charge in [0.2, 0.25) is 0 Å². The average molecular weight is 480 g/mol. The smallest absolute Gasteiger partial charge is 0.143 e. The Balaban J connectivity index is 1.41. The summed E-state index contributed by atoms with van der Waals surface area (Å²) in [7, 11) is 3.37. The van der Waals surface area contributed by atoms with Crippen molar-refractivity contribution >= 4 is 10.8 Å². The number of piperidine rings is 1. The van der Waals surface area contributed by atoms with Crippen molar-refractivity contribution in [3.8, 4) is 34.1 Å². The Morgan fingerprint density at radius 3 is 2.14 bits per heavy atom. The van der Waals surface area contributed by atoms with Crippen molar-refractivity contribution < 1.29 is 14.2 Å². The zero-order valence-corrected chi connectivity index (χ0v) is 21.1. The van der Waals surface area contributed by atoms with Gasteiger partial charge in [-0.15, -0.1) is 0 Å². The summed E-state index contributed by atoms with van der Waals surface area (Å²) in [6.45, 7) is 2.35. The maximum absolute atomic E-state index is 6.56. The number of methoxy groups -OCH3 is 2. The van der Waals surface area contributed by atoms with E-state index in [1.165, 1.54) is 37.9 Å². The Morgan fingerprint density at radius 1 is 0.722 bits per heavy atom. The zero-order valence-electron chi connectivity index (χ0n) is 21.1. The molecule has 184 valence electrons. The third-order valence-corrected chi connectivity index (χ3v) is 6.78. The van der Waals surface area contributed by atoms with Crippen LogP contribution in [-0.4, -0.2) is 32.2 Å². The first-order valence-corrected chi connectivity index (χ1v) is 12.7. The minimum Gasteiger partial charge on any atom is -0.497 e. The number of benzene rings is 4. The monoisotopic (exact) mass is 479 g/mol. The van der Waals surface area contributed by atoms with E-state index in [9.17, 15) is 0 Å². The molecule has 0 spiro atoms. The number of hydrogen-bond donors (Lipinski definition) is 0. The Labute approximate surface area is 213 Å². The van der Waals surface area contributed by atoms with E-state index >= 15 is 0 Å². The molecule has 0 aromatic heterocycles. The molecule has 1 aliphatic rings. The first-order chi connectivity index (χ1) is 17.7. The lowest BCUT2D eigenvalue weighted by molar-refractivity contribution is 0.309. The van der Waals surface area contributed by atoms with Crippen LogP contribution in [0.2, 0.25) is 0 Å². The highest BCUT2D eigenvalue weighted by molar-refractivity contribution is 5.96. The number of hydrogen-bond acceptors (Lipinski definition) is 4. The van der Waals surface area contributed by atoms with Gasteiger partial charge in [-0.1, -0.05) is 36.4 Å². The minimum absolute atomic E-state index is 0.817. The second kappa shape index (κ2) is 11.2. The van der Waals surface area contributed by atoms with Gasteiger partial charge >= 0.3 is 0 Å². The van der Waals surface area contributed by atoms with Crippen LogP contribution in [0.1, 0.15) is 24.8 Å². The lowest BCUT2D eigenvalue weighted by atomic mass is 9.99. The predicted molar refractivity (Wildman–Crippen MR) is 147 cm³/mol. The molecule has 0 aliphatic carbocycles. The van der Waals surface area contributed by atoms with Crippen molar-refractivity contribution in [3.63, 3.8) is 0 Å². The van der Waals surface area contributed by atoms with Gasteiger partial charge in [0.15, 0.2) is 0 Å². The Bertz CT molecular complexity index is 1320. The Morgan fingerprint density at radius 2 is 1.42 bits per heavy atom. The summed E-state index contributed by atoms with van der Waals surface area (Å²) in [4.78, 5) is 2.43. The number of fused-ring (bicyclic) bond motifs is 1. The summed E-state index contributed by atoms with van der Waals surface area (Å²) < 4.78 is 17.4. The molecular formula is C32H33NO3. The van der Waals surface area contributed by atoms with Crippen molar-refractivity contribution in [1.29, 1.82) is 0 Å². The molecule has 1 aliphatic heterocycles. The maximum atomic E-state index is 6.56. The van der Waals surface area contributed by atoms with E-state index in [-0.39, 0.29) is 0 Å². The van der Waals surface area contributed by atoms with Crippen LogP contribution in [0.5, 0.6) is 23.0 Å². The van der Waals surface area contributed by atoms with Gasteiger partial charge in [-0.2, -0.15) is 0 Å². The van der Waals surface area contributed by atoms with Crippen molar-refractivity contribution in [2.75, 3.05) is 27.3 Å². The zero-order chi connectivity index (χ0) is 24.7. The normalized spacial score (nSPS) is 13.8. The van der Waals surface area contributed by atoms with E-state index < -0.39 is 0 Å². The van der Waals surface area contributed by atoms with Gasteiger partial charge in [0.05, 0.1) is 14.2 Å². The van der Waals surface area contributed by atoms with Gasteiger partial charge < -0.3 is 19.1 Å². The molecule has 1 saturated heterocycles. The molecule has 4 heteroatoms. The fourth-order valence-electron chi connectivity index (χ4n) is 4.73. The first kappa shape index (κ1) is 23.8. The second-order valence-corrected chi connectivity index (χ2v) is 9.19. The van der Waals surface area contributed by atoms with Gasteiger partial charge in [0, 0.05) is 24.0 Å². The van der Waals surface area contributed by atoms with E-state index in [1.54, 1.807) is 14.2 Å². The molecule has 1 fully saturated rings. The van der Waals surface area contributed by atoms with Gasteiger partial charge in [-0.25, -0.2) is 0 Å². The molecule has 0 atom stereocenters. The molecule has 4 nitrogen and oxygen atoms in total. The van der Waals surface area contributed by atoms with Crippen LogP contribution in [0.3, 0.4) is 0 Å². The van der Waals surface area contributed by atoms with Crippen LogP contribution in [0.4, 0.5) is 0 Å². The standard InChI is InChI=1S/C32H33NO3/c1-34-27-15-10-25(11-16-27)30-18-12-26-23-29(35-2)17-19-31(26)32(30)36-28-13-8-24(9-14-28)7-6-22-33-20-4-3-5-21-33/h6,8-19,22-23H,3-5,7,20-21H2,1-2H3/b22-6+. The number of allylic oxidation sites excluding steroid dienone is 1. The predicted octanol–water partition coefficient (Wildman–Crippen LogP) is 7.86. The molecule has 0 radical (unpaired) electrons. The van der Waals surface area contributed by atoms with Crippen LogP contribution in [0.15, 0.2) is 91.1 Å². The third kappa shape index (κ3) is 5.49. The van der Waals surface area contributed by atoms with Gasteiger partial charge in [-0.05, 0) is 96.9 Å². The average Bonchev–Trinajstić information content (AvgIpc) is 2.94. The third-order valence-electron chi connectivity index (χ3n) is 6.78. The lowest BCUT2D eigenvalue weighted by Crippen LogP contribution is -2.24. The summed E-state index contributed by atoms with van der Waals surface area (Å²) in [5.41, 5.74) is 3.38. The summed E-state index contributed by atoms with van der Waals surface area (Å²) in [6, 6.07) is 26.8. The largest absolute Gasteiger partial charge is 0.497 e. The molecule has 0 N–H and O–H groups in total. The molecule has 0 unspecified atom stereocenters. The number of nitrogens with zero attached hydrogens (tertiary/aromatic N) is 1. The maximum Gasteiger partial charge on any atom is 0.143 e. The summed E-state index contributed by atoms with van der Waals surface area (Å²) in [5.74, 6) is 3.30. The molecule has 0 saturated carbocycles. The molecule has 5 rings (SSSR count). The SMILES string of the molecule is COc1ccc(-c2ccc3cc(OC)ccc3c2Oc2ccc(C/C=C/N3CCCCC3)cc2)cc1. The highest BCUT2D eigenvalue weighted by atomic mass is 16.5. The van der Waals surface area contributed by atoms with Crippen LogP contribution in [0.25, 0.3) is 21.9 Å². The number of ether oxygens (including phenoxy) is 3. The first-order valence-electron chi connectivity index (χ1n) is 12.7. The van der Waals surface area contributed by atoms with Gasteiger partial charge in [0.1, 0.15) is 23.0 Å². The van der Waals surface area contributed by atoms with Crippen LogP contribution in [0, 0.1) is 0 Å². The van der Waals surface area contributed by atoms with Gasteiger partial charge in [0.25, 0.3) is 0 Å². The molecule has 36 heavy (non-hydrogen) atoms. The second-order valence-electron chi connectivity index (χ2n) is 9.19. The fraction of sp³-hybridized carbons (Fsp3) is 0.250. The Hall–Kier alpha value is -3.92. The highest BCUT2D eigenvalue weighted by Gasteiger charge is 2.14. The van der Waals surface area contributed by atoms with Crippen LogP contribution >= 0.6 is 0 Å². The van der Waals surface area contributed by atoms with E-state index in [1.807, 2.05) is 24.3 Å². The van der Waals surface area contributed by atoms with E-state index in [2.05, 4.69) is 71.8 Å². The van der Waals surface area contributed by atoms with Crippen molar-refractivity contribution in [3.05, 3.63) is 96.7 Å². The van der Waals surface area contributed by atoms with Gasteiger partial charge in [-0.3, -0.25) is 0 Å². The number of rotatable bonds is 8. The molecule has 1 heterocycles.